The first-order valence-corrected chi connectivity index (χ1v) is 17.3. The second-order valence-electron chi connectivity index (χ2n) is 13.3. The molecular weight excluding hydrogens is 502 g/mol. The molecule has 2 amide bonds. The molecular formula is C32H49N3O3Si. The van der Waals surface area contributed by atoms with Crippen LogP contribution in [0.4, 0.5) is 4.79 Å². The van der Waals surface area contributed by atoms with Gasteiger partial charge in [0.25, 0.3) is 0 Å². The normalized spacial score (nSPS) is 24.2. The van der Waals surface area contributed by atoms with Crippen molar-refractivity contribution in [3.8, 4) is 5.75 Å². The van der Waals surface area contributed by atoms with Gasteiger partial charge in [0, 0.05) is 25.2 Å². The minimum absolute atomic E-state index is 0.0116. The van der Waals surface area contributed by atoms with Crippen LogP contribution in [0.2, 0.25) is 18.1 Å². The second kappa shape index (κ2) is 11.3. The van der Waals surface area contributed by atoms with Gasteiger partial charge in [-0.15, -0.1) is 0 Å². The van der Waals surface area contributed by atoms with Gasteiger partial charge in [-0.05, 0) is 81.2 Å². The molecule has 1 heterocycles. The van der Waals surface area contributed by atoms with Gasteiger partial charge in [-0.2, -0.15) is 0 Å². The van der Waals surface area contributed by atoms with Crippen molar-refractivity contribution in [1.29, 1.82) is 0 Å². The number of rotatable bonds is 9. The summed E-state index contributed by atoms with van der Waals surface area (Å²) in [6, 6.07) is 19.1. The fourth-order valence-corrected chi connectivity index (χ4v) is 7.23. The third-order valence-electron chi connectivity index (χ3n) is 9.85. The first kappa shape index (κ1) is 29.6. The largest absolute Gasteiger partial charge is 0.497 e. The Balaban J connectivity index is 1.57. The summed E-state index contributed by atoms with van der Waals surface area (Å²) in [5.41, 5.74) is 2.31. The van der Waals surface area contributed by atoms with E-state index >= 15 is 0 Å². The summed E-state index contributed by atoms with van der Waals surface area (Å²) >= 11 is 0. The van der Waals surface area contributed by atoms with Gasteiger partial charge < -0.3 is 19.0 Å². The molecule has 2 fully saturated rings. The van der Waals surface area contributed by atoms with Crippen molar-refractivity contribution in [1.82, 2.24) is 14.7 Å². The molecule has 2 aliphatic rings. The maximum atomic E-state index is 14.0. The van der Waals surface area contributed by atoms with Gasteiger partial charge in [-0.3, -0.25) is 4.90 Å². The molecule has 214 valence electrons. The number of methoxy groups -OCH3 is 1. The minimum Gasteiger partial charge on any atom is -0.497 e. The predicted molar refractivity (Wildman–Crippen MR) is 162 cm³/mol. The third kappa shape index (κ3) is 5.91. The zero-order valence-electron chi connectivity index (χ0n) is 25.4. The lowest BCUT2D eigenvalue weighted by Crippen LogP contribution is -2.56. The Kier molecular flexibility index (Phi) is 8.55. The number of carbonyl (C=O) groups excluding carboxylic acids is 1. The molecule has 2 aromatic carbocycles. The molecule has 0 N–H and O–H groups in total. The van der Waals surface area contributed by atoms with Gasteiger partial charge in [-0.25, -0.2) is 4.79 Å². The Morgan fingerprint density at radius 3 is 2.10 bits per heavy atom. The van der Waals surface area contributed by atoms with E-state index in [4.69, 9.17) is 9.16 Å². The van der Waals surface area contributed by atoms with Crippen LogP contribution in [0, 0.1) is 0 Å². The van der Waals surface area contributed by atoms with Crippen LogP contribution in [0.15, 0.2) is 54.6 Å². The van der Waals surface area contributed by atoms with Crippen molar-refractivity contribution in [2.45, 2.75) is 82.2 Å². The molecule has 1 aliphatic heterocycles. The lowest BCUT2D eigenvalue weighted by atomic mass is 9.68. The van der Waals surface area contributed by atoms with Crippen LogP contribution >= 0.6 is 0 Å². The van der Waals surface area contributed by atoms with Crippen molar-refractivity contribution in [2.75, 3.05) is 40.9 Å². The van der Waals surface area contributed by atoms with Crippen molar-refractivity contribution < 1.29 is 14.0 Å². The second-order valence-corrected chi connectivity index (χ2v) is 18.1. The zero-order valence-corrected chi connectivity index (χ0v) is 26.4. The van der Waals surface area contributed by atoms with Crippen LogP contribution < -0.4 is 4.74 Å². The Bertz CT molecular complexity index is 1100. The van der Waals surface area contributed by atoms with E-state index in [1.807, 2.05) is 12.1 Å². The summed E-state index contributed by atoms with van der Waals surface area (Å²) in [7, 11) is 4.18. The maximum Gasteiger partial charge on any atom is 0.320 e. The average Bonchev–Trinajstić information content (AvgIpc) is 3.14. The molecule has 1 spiro atoms. The van der Waals surface area contributed by atoms with Gasteiger partial charge in [0.2, 0.25) is 0 Å². The number of urea groups is 1. The molecule has 4 rings (SSSR count). The lowest BCUT2D eigenvalue weighted by molar-refractivity contribution is 0.0206. The van der Waals surface area contributed by atoms with Crippen LogP contribution in [-0.4, -0.2) is 75.5 Å². The molecule has 0 bridgehead atoms. The highest BCUT2D eigenvalue weighted by atomic mass is 28.4. The van der Waals surface area contributed by atoms with Crippen molar-refractivity contribution in [3.05, 3.63) is 65.7 Å². The summed E-state index contributed by atoms with van der Waals surface area (Å²) in [6.45, 7) is 14.0. The van der Waals surface area contributed by atoms with Crippen LogP contribution in [0.5, 0.6) is 5.75 Å². The van der Waals surface area contributed by atoms with E-state index in [1.54, 1.807) is 7.11 Å². The fraction of sp³-hybridized carbons (Fsp3) is 0.594. The quantitative estimate of drug-likeness (QED) is 0.324. The summed E-state index contributed by atoms with van der Waals surface area (Å²) in [6.07, 6.45) is 4.00. The Hall–Kier alpha value is -2.35. The molecule has 2 aromatic rings. The topological polar surface area (TPSA) is 45.2 Å². The highest BCUT2D eigenvalue weighted by Gasteiger charge is 2.54. The third-order valence-corrected chi connectivity index (χ3v) is 14.4. The standard InChI is InChI=1S/C32H49N3O3Si/c1-30(2,3)39(7,8)38-23-22-35-29(36)34(24-26-14-16-28(37-6)17-15-26)25-31(35)18-20-32(21-19-31,33(4)5)27-12-10-9-11-13-27/h9-17H,18-25H2,1-8H3/t31-,32+. The zero-order chi connectivity index (χ0) is 28.5. The number of carbonyl (C=O) groups is 1. The molecule has 0 atom stereocenters. The van der Waals surface area contributed by atoms with E-state index < -0.39 is 8.32 Å². The molecule has 6 nitrogen and oxygen atoms in total. The number of amides is 2. The highest BCUT2D eigenvalue weighted by Crippen LogP contribution is 2.49. The van der Waals surface area contributed by atoms with E-state index in [0.29, 0.717) is 19.7 Å². The van der Waals surface area contributed by atoms with E-state index in [0.717, 1.165) is 43.5 Å². The number of nitrogens with zero attached hydrogens (tertiary/aromatic N) is 3. The van der Waals surface area contributed by atoms with Crippen molar-refractivity contribution >= 4 is 14.3 Å². The molecule has 1 aliphatic carbocycles. The molecule has 0 radical (unpaired) electrons. The summed E-state index contributed by atoms with van der Waals surface area (Å²) in [4.78, 5) is 20.6. The average molecular weight is 552 g/mol. The Labute approximate surface area is 237 Å². The Morgan fingerprint density at radius 2 is 1.56 bits per heavy atom. The molecule has 0 aromatic heterocycles. The molecule has 0 unspecified atom stereocenters. The first-order chi connectivity index (χ1) is 18.3. The van der Waals surface area contributed by atoms with Crippen LogP contribution in [-0.2, 0) is 16.5 Å². The SMILES string of the molecule is COc1ccc(CN2C[C@]3(CC[C@](c4ccccc4)(N(C)C)CC3)N(CCO[Si](C)(C)C(C)(C)C)C2=O)cc1. The van der Waals surface area contributed by atoms with E-state index in [1.165, 1.54) is 5.56 Å². The predicted octanol–water partition coefficient (Wildman–Crippen LogP) is 6.72. The van der Waals surface area contributed by atoms with Gasteiger partial charge in [0.1, 0.15) is 5.75 Å². The van der Waals surface area contributed by atoms with Crippen LogP contribution in [0.25, 0.3) is 0 Å². The molecule has 39 heavy (non-hydrogen) atoms. The van der Waals surface area contributed by atoms with E-state index in [2.05, 4.69) is 105 Å². The smallest absolute Gasteiger partial charge is 0.320 e. The fourth-order valence-electron chi connectivity index (χ4n) is 6.20. The van der Waals surface area contributed by atoms with Crippen molar-refractivity contribution in [2.24, 2.45) is 0 Å². The van der Waals surface area contributed by atoms with Crippen molar-refractivity contribution in [3.63, 3.8) is 0 Å². The van der Waals surface area contributed by atoms with E-state index in [-0.39, 0.29) is 22.1 Å². The van der Waals surface area contributed by atoms with E-state index in [9.17, 15) is 4.79 Å². The number of ether oxygens (including phenoxy) is 1. The summed E-state index contributed by atoms with van der Waals surface area (Å²) < 4.78 is 11.9. The summed E-state index contributed by atoms with van der Waals surface area (Å²) in [5, 5.41) is 0.145. The first-order valence-electron chi connectivity index (χ1n) is 14.4. The monoisotopic (exact) mass is 551 g/mol. The number of hydrogen-bond acceptors (Lipinski definition) is 4. The van der Waals surface area contributed by atoms with Gasteiger partial charge >= 0.3 is 6.03 Å². The number of hydrogen-bond donors (Lipinski definition) is 0. The van der Waals surface area contributed by atoms with Crippen LogP contribution in [0.1, 0.15) is 57.6 Å². The molecule has 1 saturated carbocycles. The van der Waals surface area contributed by atoms with Gasteiger partial charge in [-0.1, -0.05) is 63.2 Å². The molecule has 1 saturated heterocycles. The lowest BCUT2D eigenvalue weighted by Gasteiger charge is -2.51. The van der Waals surface area contributed by atoms with Crippen LogP contribution in [0.3, 0.4) is 0 Å². The van der Waals surface area contributed by atoms with Gasteiger partial charge in [0.15, 0.2) is 8.32 Å². The Morgan fingerprint density at radius 1 is 0.949 bits per heavy atom. The molecule has 7 heteroatoms. The highest BCUT2D eigenvalue weighted by molar-refractivity contribution is 6.74. The summed E-state index contributed by atoms with van der Waals surface area (Å²) in [5.74, 6) is 0.834. The minimum atomic E-state index is -1.90. The number of benzene rings is 2. The maximum absolute atomic E-state index is 14.0. The van der Waals surface area contributed by atoms with Gasteiger partial charge in [0.05, 0.1) is 19.3 Å².